The van der Waals surface area contributed by atoms with Crippen molar-refractivity contribution in [3.63, 3.8) is 0 Å². The van der Waals surface area contributed by atoms with E-state index in [4.69, 9.17) is 0 Å². The van der Waals surface area contributed by atoms with Gasteiger partial charge in [-0.1, -0.05) is 30.6 Å². The molecule has 1 amide bonds. The maximum absolute atomic E-state index is 12.5. The molecule has 4 rings (SSSR count). The van der Waals surface area contributed by atoms with Crippen LogP contribution in [-0.2, 0) is 4.79 Å². The maximum Gasteiger partial charge on any atom is 0.227 e. The molecule has 0 spiro atoms. The molecule has 0 unspecified atom stereocenters. The third-order valence-electron chi connectivity index (χ3n) is 4.87. The number of hydrogen-bond donors (Lipinski definition) is 1. The molecule has 1 aromatic carbocycles. The summed E-state index contributed by atoms with van der Waals surface area (Å²) in [5, 5.41) is 4.08. The zero-order valence-electron chi connectivity index (χ0n) is 14.3. The second kappa shape index (κ2) is 6.92. The summed E-state index contributed by atoms with van der Waals surface area (Å²) in [4.78, 5) is 22.4. The van der Waals surface area contributed by atoms with Crippen molar-refractivity contribution in [1.82, 2.24) is 9.97 Å². The topological polar surface area (TPSA) is 54.9 Å². The minimum absolute atomic E-state index is 0.166. The summed E-state index contributed by atoms with van der Waals surface area (Å²) in [5.41, 5.74) is 3.96. The fourth-order valence-electron chi connectivity index (χ4n) is 3.43. The van der Waals surface area contributed by atoms with E-state index in [0.29, 0.717) is 0 Å². The largest absolute Gasteiger partial charge is 0.326 e. The van der Waals surface area contributed by atoms with Crippen LogP contribution in [0.1, 0.15) is 37.7 Å². The minimum atomic E-state index is 0.166. The molecule has 4 nitrogen and oxygen atoms in total. The number of hydrogen-bond acceptors (Lipinski definition) is 4. The predicted octanol–water partition coefficient (Wildman–Crippen LogP) is 5.19. The Labute approximate surface area is 151 Å². The highest BCUT2D eigenvalue weighted by Crippen LogP contribution is 2.31. The number of anilines is 1. The molecule has 0 bridgehead atoms. The predicted molar refractivity (Wildman–Crippen MR) is 103 cm³/mol. The number of fused-ring (bicyclic) bond motifs is 1. The molecule has 2 aromatic heterocycles. The van der Waals surface area contributed by atoms with Crippen LogP contribution in [0.25, 0.3) is 20.9 Å². The second-order valence-electron chi connectivity index (χ2n) is 6.70. The van der Waals surface area contributed by atoms with E-state index in [1.807, 2.05) is 31.2 Å². The van der Waals surface area contributed by atoms with Crippen molar-refractivity contribution in [2.24, 2.45) is 5.92 Å². The standard InChI is InChI=1S/C20H21N3OS/c1-13-12-15(19-23-17-8-5-11-21-20(17)25-19)9-10-16(13)22-18(24)14-6-3-2-4-7-14/h5,8-12,14H,2-4,6-7H2,1H3,(H,22,24). The van der Waals surface area contributed by atoms with Crippen LogP contribution in [0.15, 0.2) is 36.5 Å². The normalized spacial score (nSPS) is 15.4. The first-order valence-corrected chi connectivity index (χ1v) is 9.66. The van der Waals surface area contributed by atoms with Gasteiger partial charge < -0.3 is 5.32 Å². The van der Waals surface area contributed by atoms with Crippen LogP contribution in [0.3, 0.4) is 0 Å². The molecular weight excluding hydrogens is 330 g/mol. The fraction of sp³-hybridized carbons (Fsp3) is 0.350. The van der Waals surface area contributed by atoms with Gasteiger partial charge in [-0.3, -0.25) is 4.79 Å². The molecule has 1 saturated carbocycles. The Balaban J connectivity index is 1.55. The number of nitrogens with one attached hydrogen (secondary N) is 1. The number of nitrogens with zero attached hydrogens (tertiary/aromatic N) is 2. The number of rotatable bonds is 3. The summed E-state index contributed by atoms with van der Waals surface area (Å²) < 4.78 is 0. The summed E-state index contributed by atoms with van der Waals surface area (Å²) >= 11 is 1.59. The molecule has 5 heteroatoms. The van der Waals surface area contributed by atoms with Crippen LogP contribution in [0.5, 0.6) is 0 Å². The van der Waals surface area contributed by atoms with Gasteiger partial charge in [0.25, 0.3) is 0 Å². The zero-order chi connectivity index (χ0) is 17.2. The number of benzene rings is 1. The fourth-order valence-corrected chi connectivity index (χ4v) is 4.33. The lowest BCUT2D eigenvalue weighted by Gasteiger charge is -2.21. The number of aromatic nitrogens is 2. The number of amides is 1. The van der Waals surface area contributed by atoms with Crippen molar-refractivity contribution >= 4 is 33.3 Å². The van der Waals surface area contributed by atoms with E-state index in [1.165, 1.54) is 19.3 Å². The Morgan fingerprint density at radius 1 is 1.20 bits per heavy atom. The lowest BCUT2D eigenvalue weighted by atomic mass is 9.88. The third-order valence-corrected chi connectivity index (χ3v) is 5.90. The first-order chi connectivity index (χ1) is 12.2. The van der Waals surface area contributed by atoms with Crippen molar-refractivity contribution in [1.29, 1.82) is 0 Å². The summed E-state index contributed by atoms with van der Waals surface area (Å²) in [6, 6.07) is 10.00. The smallest absolute Gasteiger partial charge is 0.227 e. The van der Waals surface area contributed by atoms with Crippen molar-refractivity contribution in [2.45, 2.75) is 39.0 Å². The minimum Gasteiger partial charge on any atom is -0.326 e. The van der Waals surface area contributed by atoms with Gasteiger partial charge in [0.05, 0.1) is 0 Å². The molecule has 2 heterocycles. The molecule has 0 saturated heterocycles. The van der Waals surface area contributed by atoms with E-state index in [9.17, 15) is 4.79 Å². The maximum atomic E-state index is 12.5. The number of aryl methyl sites for hydroxylation is 1. The van der Waals surface area contributed by atoms with E-state index in [1.54, 1.807) is 17.5 Å². The van der Waals surface area contributed by atoms with Gasteiger partial charge in [0.2, 0.25) is 5.91 Å². The van der Waals surface area contributed by atoms with E-state index < -0.39 is 0 Å². The number of carbonyl (C=O) groups is 1. The molecule has 1 N–H and O–H groups in total. The summed E-state index contributed by atoms with van der Waals surface area (Å²) in [6.45, 7) is 2.03. The van der Waals surface area contributed by atoms with E-state index in [2.05, 4.69) is 21.4 Å². The first kappa shape index (κ1) is 16.2. The SMILES string of the molecule is Cc1cc(-c2nc3cccnc3s2)ccc1NC(=O)C1CCCCC1. The molecule has 1 aliphatic carbocycles. The van der Waals surface area contributed by atoms with Gasteiger partial charge in [0.15, 0.2) is 0 Å². The molecule has 1 aliphatic rings. The van der Waals surface area contributed by atoms with E-state index in [-0.39, 0.29) is 11.8 Å². The van der Waals surface area contributed by atoms with E-state index in [0.717, 1.165) is 45.0 Å². The molecule has 3 aromatic rings. The number of thiazole rings is 1. The number of carbonyl (C=O) groups excluding carboxylic acids is 1. The molecule has 0 radical (unpaired) electrons. The third kappa shape index (κ3) is 3.42. The average molecular weight is 351 g/mol. The Bertz CT molecular complexity index is 879. The van der Waals surface area contributed by atoms with Gasteiger partial charge in [0, 0.05) is 23.4 Å². The van der Waals surface area contributed by atoms with Gasteiger partial charge in [-0.05, 0) is 55.7 Å². The highest BCUT2D eigenvalue weighted by molar-refractivity contribution is 7.21. The summed E-state index contributed by atoms with van der Waals surface area (Å²) in [5.74, 6) is 0.336. The second-order valence-corrected chi connectivity index (χ2v) is 7.68. The van der Waals surface area contributed by atoms with Crippen LogP contribution in [-0.4, -0.2) is 15.9 Å². The van der Waals surface area contributed by atoms with Gasteiger partial charge in [0.1, 0.15) is 15.4 Å². The Kier molecular flexibility index (Phi) is 4.49. The Hall–Kier alpha value is -2.27. The zero-order valence-corrected chi connectivity index (χ0v) is 15.1. The highest BCUT2D eigenvalue weighted by Gasteiger charge is 2.21. The Morgan fingerprint density at radius 2 is 2.04 bits per heavy atom. The van der Waals surface area contributed by atoms with Crippen LogP contribution >= 0.6 is 11.3 Å². The summed E-state index contributed by atoms with van der Waals surface area (Å²) in [6.07, 6.45) is 7.42. The molecule has 25 heavy (non-hydrogen) atoms. The number of pyridine rings is 1. The molecular formula is C20H21N3OS. The molecule has 0 aliphatic heterocycles. The van der Waals surface area contributed by atoms with Crippen LogP contribution in [0, 0.1) is 12.8 Å². The summed E-state index contributed by atoms with van der Waals surface area (Å²) in [7, 11) is 0. The lowest BCUT2D eigenvalue weighted by molar-refractivity contribution is -0.120. The monoisotopic (exact) mass is 351 g/mol. The lowest BCUT2D eigenvalue weighted by Crippen LogP contribution is -2.25. The van der Waals surface area contributed by atoms with Gasteiger partial charge in [-0.2, -0.15) is 0 Å². The average Bonchev–Trinajstić information content (AvgIpc) is 3.08. The van der Waals surface area contributed by atoms with Crippen molar-refractivity contribution < 1.29 is 4.79 Å². The van der Waals surface area contributed by atoms with Crippen molar-refractivity contribution in [3.05, 3.63) is 42.1 Å². The van der Waals surface area contributed by atoms with E-state index >= 15 is 0 Å². The van der Waals surface area contributed by atoms with Gasteiger partial charge in [-0.25, -0.2) is 9.97 Å². The van der Waals surface area contributed by atoms with Crippen molar-refractivity contribution in [2.75, 3.05) is 5.32 Å². The molecule has 1 fully saturated rings. The molecule has 0 atom stereocenters. The van der Waals surface area contributed by atoms with Crippen molar-refractivity contribution in [3.8, 4) is 10.6 Å². The van der Waals surface area contributed by atoms with Crippen LogP contribution < -0.4 is 5.32 Å². The quantitative estimate of drug-likeness (QED) is 0.707. The van der Waals surface area contributed by atoms with Gasteiger partial charge in [-0.15, -0.1) is 0 Å². The first-order valence-electron chi connectivity index (χ1n) is 8.84. The Morgan fingerprint density at radius 3 is 2.80 bits per heavy atom. The van der Waals surface area contributed by atoms with Crippen LogP contribution in [0.2, 0.25) is 0 Å². The molecule has 128 valence electrons. The van der Waals surface area contributed by atoms with Gasteiger partial charge >= 0.3 is 0 Å². The van der Waals surface area contributed by atoms with Crippen LogP contribution in [0.4, 0.5) is 5.69 Å². The highest BCUT2D eigenvalue weighted by atomic mass is 32.1.